The maximum absolute atomic E-state index is 10.4. The molecule has 0 aromatic carbocycles. The Kier molecular flexibility index (Phi) is 2.76. The van der Waals surface area contributed by atoms with Gasteiger partial charge < -0.3 is 15.2 Å². The maximum atomic E-state index is 10.4. The summed E-state index contributed by atoms with van der Waals surface area (Å²) in [6.45, 7) is 1.75. The van der Waals surface area contributed by atoms with Crippen LogP contribution in [0.5, 0.6) is 5.75 Å². The fourth-order valence-electron chi connectivity index (χ4n) is 1.86. The highest BCUT2D eigenvalue weighted by Gasteiger charge is 2.34. The Labute approximate surface area is 87.7 Å². The molecule has 4 heteroatoms. The number of hydrogen-bond donors (Lipinski definition) is 2. The van der Waals surface area contributed by atoms with Crippen LogP contribution in [0.4, 0.5) is 0 Å². The number of methoxy groups -OCH3 is 1. The third-order valence-electron chi connectivity index (χ3n) is 2.70. The van der Waals surface area contributed by atoms with Crippen LogP contribution in [0, 0.1) is 0 Å². The zero-order chi connectivity index (χ0) is 10.0. The summed E-state index contributed by atoms with van der Waals surface area (Å²) in [4.78, 5) is 0.974. The van der Waals surface area contributed by atoms with Crippen molar-refractivity contribution in [1.29, 1.82) is 0 Å². The highest BCUT2D eigenvalue weighted by molar-refractivity contribution is 7.10. The number of thiophene rings is 1. The van der Waals surface area contributed by atoms with Crippen molar-refractivity contribution in [3.05, 3.63) is 16.3 Å². The monoisotopic (exact) mass is 213 g/mol. The van der Waals surface area contributed by atoms with Crippen LogP contribution >= 0.6 is 11.3 Å². The van der Waals surface area contributed by atoms with Crippen LogP contribution in [0.3, 0.4) is 0 Å². The maximum Gasteiger partial charge on any atom is 0.135 e. The quantitative estimate of drug-likeness (QED) is 0.778. The molecule has 0 radical (unpaired) electrons. The molecule has 0 aliphatic carbocycles. The minimum Gasteiger partial charge on any atom is -0.495 e. The minimum absolute atomic E-state index is 0.676. The fourth-order valence-corrected chi connectivity index (χ4v) is 2.88. The van der Waals surface area contributed by atoms with Gasteiger partial charge in [0.05, 0.1) is 12.0 Å². The summed E-state index contributed by atoms with van der Waals surface area (Å²) in [6.07, 6.45) is 1.54. The van der Waals surface area contributed by atoms with Crippen molar-refractivity contribution in [2.45, 2.75) is 18.4 Å². The van der Waals surface area contributed by atoms with Crippen LogP contribution in [-0.2, 0) is 5.60 Å². The first-order chi connectivity index (χ1) is 6.76. The molecule has 0 unspecified atom stereocenters. The van der Waals surface area contributed by atoms with Gasteiger partial charge in [-0.15, -0.1) is 11.3 Å². The highest BCUT2D eigenvalue weighted by Crippen LogP contribution is 2.40. The molecular weight excluding hydrogens is 198 g/mol. The predicted octanol–water partition coefficient (Wildman–Crippen LogP) is 1.33. The molecule has 14 heavy (non-hydrogen) atoms. The van der Waals surface area contributed by atoms with Gasteiger partial charge >= 0.3 is 0 Å². The Morgan fingerprint density at radius 2 is 2.21 bits per heavy atom. The topological polar surface area (TPSA) is 41.5 Å². The largest absolute Gasteiger partial charge is 0.495 e. The number of nitrogens with one attached hydrogen (secondary N) is 1. The van der Waals surface area contributed by atoms with Crippen molar-refractivity contribution in [3.63, 3.8) is 0 Å². The van der Waals surface area contributed by atoms with Crippen LogP contribution < -0.4 is 10.1 Å². The van der Waals surface area contributed by atoms with Crippen LogP contribution in [0.2, 0.25) is 0 Å². The van der Waals surface area contributed by atoms with E-state index < -0.39 is 5.60 Å². The SMILES string of the molecule is COc1ccsc1C1(O)CCNCC1. The normalized spacial score (nSPS) is 20.7. The number of ether oxygens (including phenoxy) is 1. The van der Waals surface area contributed by atoms with Crippen LogP contribution in [-0.4, -0.2) is 25.3 Å². The zero-order valence-electron chi connectivity index (χ0n) is 8.25. The van der Waals surface area contributed by atoms with Crippen LogP contribution in [0.1, 0.15) is 17.7 Å². The summed E-state index contributed by atoms with van der Waals surface area (Å²) >= 11 is 1.58. The third-order valence-corrected chi connectivity index (χ3v) is 3.79. The van der Waals surface area contributed by atoms with E-state index in [4.69, 9.17) is 4.74 Å². The molecule has 2 heterocycles. The van der Waals surface area contributed by atoms with Crippen molar-refractivity contribution < 1.29 is 9.84 Å². The average molecular weight is 213 g/mol. The third kappa shape index (κ3) is 1.65. The Balaban J connectivity index is 2.27. The molecule has 1 fully saturated rings. The van der Waals surface area contributed by atoms with E-state index in [1.165, 1.54) is 0 Å². The lowest BCUT2D eigenvalue weighted by atomic mass is 9.90. The lowest BCUT2D eigenvalue weighted by molar-refractivity contribution is 0.00760. The first kappa shape index (κ1) is 9.96. The van der Waals surface area contributed by atoms with Gasteiger partial charge in [-0.2, -0.15) is 0 Å². The van der Waals surface area contributed by atoms with Gasteiger partial charge in [0.2, 0.25) is 0 Å². The second-order valence-corrected chi connectivity index (χ2v) is 4.52. The summed E-state index contributed by atoms with van der Waals surface area (Å²) in [7, 11) is 1.65. The molecule has 2 rings (SSSR count). The second kappa shape index (κ2) is 3.88. The van der Waals surface area contributed by atoms with Gasteiger partial charge in [-0.05, 0) is 37.4 Å². The van der Waals surface area contributed by atoms with Crippen molar-refractivity contribution in [1.82, 2.24) is 5.32 Å². The van der Waals surface area contributed by atoms with Gasteiger partial charge in [-0.3, -0.25) is 0 Å². The minimum atomic E-state index is -0.676. The molecule has 78 valence electrons. The summed E-state index contributed by atoms with van der Waals surface area (Å²) < 4.78 is 5.23. The van der Waals surface area contributed by atoms with E-state index >= 15 is 0 Å². The van der Waals surface area contributed by atoms with Gasteiger partial charge in [0, 0.05) is 0 Å². The van der Waals surface area contributed by atoms with E-state index in [0.717, 1.165) is 36.6 Å². The Morgan fingerprint density at radius 3 is 2.86 bits per heavy atom. The Morgan fingerprint density at radius 1 is 1.50 bits per heavy atom. The highest BCUT2D eigenvalue weighted by atomic mass is 32.1. The van der Waals surface area contributed by atoms with Gasteiger partial charge in [0.15, 0.2) is 0 Å². The van der Waals surface area contributed by atoms with Gasteiger partial charge in [-0.25, -0.2) is 0 Å². The van der Waals surface area contributed by atoms with E-state index in [1.54, 1.807) is 18.4 Å². The van der Waals surface area contributed by atoms with E-state index in [9.17, 15) is 5.11 Å². The number of rotatable bonds is 2. The molecule has 0 atom stereocenters. The van der Waals surface area contributed by atoms with Gasteiger partial charge in [-0.1, -0.05) is 0 Å². The number of piperidine rings is 1. The van der Waals surface area contributed by atoms with Crippen molar-refractivity contribution in [2.75, 3.05) is 20.2 Å². The average Bonchev–Trinajstić information content (AvgIpc) is 2.67. The van der Waals surface area contributed by atoms with E-state index in [0.29, 0.717) is 0 Å². The zero-order valence-corrected chi connectivity index (χ0v) is 9.06. The molecule has 0 spiro atoms. The molecule has 1 aromatic heterocycles. The lowest BCUT2D eigenvalue weighted by Gasteiger charge is -2.32. The number of hydrogen-bond acceptors (Lipinski definition) is 4. The molecule has 0 amide bonds. The molecule has 2 N–H and O–H groups in total. The molecule has 0 saturated carbocycles. The summed E-state index contributed by atoms with van der Waals surface area (Å²) in [6, 6.07) is 1.92. The summed E-state index contributed by atoms with van der Waals surface area (Å²) in [5.41, 5.74) is -0.676. The van der Waals surface area contributed by atoms with E-state index in [1.807, 2.05) is 11.4 Å². The number of aliphatic hydroxyl groups is 1. The molecule has 3 nitrogen and oxygen atoms in total. The Hall–Kier alpha value is -0.580. The standard InChI is InChI=1S/C10H15NO2S/c1-13-8-2-7-14-9(8)10(12)3-5-11-6-4-10/h2,7,11-12H,3-6H2,1H3. The molecule has 1 aliphatic rings. The first-order valence-corrected chi connectivity index (χ1v) is 5.69. The fraction of sp³-hybridized carbons (Fsp3) is 0.600. The van der Waals surface area contributed by atoms with Gasteiger partial charge in [0.1, 0.15) is 11.4 Å². The molecule has 1 saturated heterocycles. The molecule has 1 aliphatic heterocycles. The predicted molar refractivity (Wildman–Crippen MR) is 56.9 cm³/mol. The smallest absolute Gasteiger partial charge is 0.135 e. The lowest BCUT2D eigenvalue weighted by Crippen LogP contribution is -2.39. The van der Waals surface area contributed by atoms with Crippen molar-refractivity contribution in [3.8, 4) is 5.75 Å². The molecule has 1 aromatic rings. The Bertz CT molecular complexity index is 305. The molecule has 0 bridgehead atoms. The van der Waals surface area contributed by atoms with Gasteiger partial charge in [0.25, 0.3) is 0 Å². The van der Waals surface area contributed by atoms with E-state index in [-0.39, 0.29) is 0 Å². The summed E-state index contributed by atoms with van der Waals surface area (Å²) in [5, 5.41) is 15.6. The summed E-state index contributed by atoms with van der Waals surface area (Å²) in [5.74, 6) is 0.819. The second-order valence-electron chi connectivity index (χ2n) is 3.60. The van der Waals surface area contributed by atoms with Crippen molar-refractivity contribution in [2.24, 2.45) is 0 Å². The van der Waals surface area contributed by atoms with Crippen LogP contribution in [0.15, 0.2) is 11.4 Å². The van der Waals surface area contributed by atoms with E-state index in [2.05, 4.69) is 5.32 Å². The molecular formula is C10H15NO2S. The first-order valence-electron chi connectivity index (χ1n) is 4.81. The van der Waals surface area contributed by atoms with Crippen molar-refractivity contribution >= 4 is 11.3 Å². The van der Waals surface area contributed by atoms with Crippen LogP contribution in [0.25, 0.3) is 0 Å².